The number of rotatable bonds is 6. The van der Waals surface area contributed by atoms with Crippen LogP contribution in [0.3, 0.4) is 0 Å². The highest BCUT2D eigenvalue weighted by Gasteiger charge is 2.13. The molecule has 0 aliphatic rings. The van der Waals surface area contributed by atoms with E-state index in [4.69, 9.17) is 4.74 Å². The van der Waals surface area contributed by atoms with Crippen molar-refractivity contribution < 1.29 is 19.4 Å². The fraction of sp³-hybridized carbons (Fsp3) is 0.150. The normalized spacial score (nSPS) is 10.7. The van der Waals surface area contributed by atoms with Crippen LogP contribution in [-0.2, 0) is 9.59 Å². The van der Waals surface area contributed by atoms with Gasteiger partial charge in [-0.25, -0.2) is 0 Å². The van der Waals surface area contributed by atoms with E-state index in [0.29, 0.717) is 11.3 Å². The fourth-order valence-corrected chi connectivity index (χ4v) is 2.36. The number of para-hydroxylation sites is 2. The molecule has 0 aromatic heterocycles. The molecular formula is C20H17N2O4-. The molecule has 1 amide bonds. The maximum absolute atomic E-state index is 12.5. The Labute approximate surface area is 151 Å². The second-order valence-electron chi connectivity index (χ2n) is 5.59. The SMILES string of the molecule is Cc1cccc(C)c1NC(=O)/C(C#N)=C/c1ccccc1OCC(=O)[O-]. The topological polar surface area (TPSA) is 102 Å². The summed E-state index contributed by atoms with van der Waals surface area (Å²) < 4.78 is 5.13. The summed E-state index contributed by atoms with van der Waals surface area (Å²) in [7, 11) is 0. The van der Waals surface area contributed by atoms with Crippen LogP contribution < -0.4 is 15.2 Å². The minimum atomic E-state index is -1.36. The van der Waals surface area contributed by atoms with E-state index in [0.717, 1.165) is 11.1 Å². The molecule has 2 aromatic rings. The quantitative estimate of drug-likeness (QED) is 0.634. The van der Waals surface area contributed by atoms with Crippen molar-refractivity contribution in [3.8, 4) is 11.8 Å². The van der Waals surface area contributed by atoms with Gasteiger partial charge < -0.3 is 20.0 Å². The molecule has 0 heterocycles. The number of aliphatic carboxylic acids is 1. The van der Waals surface area contributed by atoms with Gasteiger partial charge in [-0.2, -0.15) is 5.26 Å². The number of aryl methyl sites for hydroxylation is 2. The lowest BCUT2D eigenvalue weighted by atomic mass is 10.1. The van der Waals surface area contributed by atoms with Gasteiger partial charge in [0.15, 0.2) is 0 Å². The molecule has 0 atom stereocenters. The third-order valence-corrected chi connectivity index (χ3v) is 3.65. The minimum absolute atomic E-state index is 0.128. The van der Waals surface area contributed by atoms with E-state index in [2.05, 4.69) is 5.32 Å². The molecule has 0 radical (unpaired) electrons. The number of nitrogens with zero attached hydrogens (tertiary/aromatic N) is 1. The first-order valence-corrected chi connectivity index (χ1v) is 7.83. The molecule has 2 rings (SSSR count). The number of hydrogen-bond acceptors (Lipinski definition) is 5. The molecular weight excluding hydrogens is 332 g/mol. The van der Waals surface area contributed by atoms with E-state index in [-0.39, 0.29) is 11.3 Å². The van der Waals surface area contributed by atoms with E-state index in [1.54, 1.807) is 24.3 Å². The van der Waals surface area contributed by atoms with Gasteiger partial charge in [0.25, 0.3) is 5.91 Å². The second-order valence-corrected chi connectivity index (χ2v) is 5.59. The zero-order valence-corrected chi connectivity index (χ0v) is 14.4. The van der Waals surface area contributed by atoms with Crippen LogP contribution in [0.4, 0.5) is 5.69 Å². The molecule has 0 aliphatic carbocycles. The van der Waals surface area contributed by atoms with Gasteiger partial charge in [0, 0.05) is 11.3 Å². The van der Waals surface area contributed by atoms with Gasteiger partial charge in [0.2, 0.25) is 0 Å². The van der Waals surface area contributed by atoms with Crippen LogP contribution in [0.1, 0.15) is 16.7 Å². The molecule has 132 valence electrons. The first-order chi connectivity index (χ1) is 12.4. The van der Waals surface area contributed by atoms with Crippen molar-refractivity contribution in [2.24, 2.45) is 0 Å². The summed E-state index contributed by atoms with van der Waals surface area (Å²) in [4.78, 5) is 23.1. The molecule has 0 fully saturated rings. The largest absolute Gasteiger partial charge is 0.546 e. The second kappa shape index (κ2) is 8.49. The Kier molecular flexibility index (Phi) is 6.12. The number of hydrogen-bond donors (Lipinski definition) is 1. The predicted molar refractivity (Wildman–Crippen MR) is 95.1 cm³/mol. The monoisotopic (exact) mass is 349 g/mol. The maximum atomic E-state index is 12.5. The van der Waals surface area contributed by atoms with E-state index in [1.807, 2.05) is 38.1 Å². The molecule has 1 N–H and O–H groups in total. The number of nitrogens with one attached hydrogen (secondary N) is 1. The van der Waals surface area contributed by atoms with Gasteiger partial charge in [-0.05, 0) is 37.1 Å². The van der Waals surface area contributed by atoms with Gasteiger partial charge in [-0.15, -0.1) is 0 Å². The Morgan fingerprint density at radius 2 is 1.81 bits per heavy atom. The van der Waals surface area contributed by atoms with Crippen LogP contribution in [0.2, 0.25) is 0 Å². The zero-order valence-electron chi connectivity index (χ0n) is 14.4. The highest BCUT2D eigenvalue weighted by Crippen LogP contribution is 2.23. The summed E-state index contributed by atoms with van der Waals surface area (Å²) in [6, 6.07) is 14.0. The standard InChI is InChI=1S/C20H18N2O4/c1-13-6-5-7-14(2)19(13)22-20(25)16(11-21)10-15-8-3-4-9-17(15)26-12-18(23)24/h3-10H,12H2,1-2H3,(H,22,25)(H,23,24)/p-1/b16-10+. The van der Waals surface area contributed by atoms with Crippen molar-refractivity contribution >= 4 is 23.6 Å². The van der Waals surface area contributed by atoms with Crippen molar-refractivity contribution in [1.82, 2.24) is 0 Å². The van der Waals surface area contributed by atoms with Crippen molar-refractivity contribution in [3.05, 3.63) is 64.7 Å². The van der Waals surface area contributed by atoms with Gasteiger partial charge in [-0.3, -0.25) is 4.79 Å². The highest BCUT2D eigenvalue weighted by atomic mass is 16.5. The number of carbonyl (C=O) groups excluding carboxylic acids is 2. The number of amides is 1. The summed E-state index contributed by atoms with van der Waals surface area (Å²) in [6.07, 6.45) is 1.35. The molecule has 0 spiro atoms. The summed E-state index contributed by atoms with van der Waals surface area (Å²) in [5, 5.41) is 22.7. The van der Waals surface area contributed by atoms with Crippen LogP contribution in [0.5, 0.6) is 5.75 Å². The maximum Gasteiger partial charge on any atom is 0.266 e. The Bertz CT molecular complexity index is 890. The fourth-order valence-electron chi connectivity index (χ4n) is 2.36. The molecule has 0 aliphatic heterocycles. The van der Waals surface area contributed by atoms with Crippen LogP contribution in [0.15, 0.2) is 48.0 Å². The highest BCUT2D eigenvalue weighted by molar-refractivity contribution is 6.10. The first kappa shape index (κ1) is 18.7. The number of anilines is 1. The van der Waals surface area contributed by atoms with E-state index in [9.17, 15) is 20.0 Å². The molecule has 0 unspecified atom stereocenters. The summed E-state index contributed by atoms with van der Waals surface area (Å²) in [6.45, 7) is 3.10. The van der Waals surface area contributed by atoms with Gasteiger partial charge in [0.1, 0.15) is 24.0 Å². The van der Waals surface area contributed by atoms with Gasteiger partial charge >= 0.3 is 0 Å². The van der Waals surface area contributed by atoms with E-state index < -0.39 is 18.5 Å². The molecule has 6 heteroatoms. The minimum Gasteiger partial charge on any atom is -0.546 e. The third-order valence-electron chi connectivity index (χ3n) is 3.65. The summed E-state index contributed by atoms with van der Waals surface area (Å²) in [5.74, 6) is -1.68. The third kappa shape index (κ3) is 4.71. The predicted octanol–water partition coefficient (Wildman–Crippen LogP) is 1.98. The van der Waals surface area contributed by atoms with E-state index in [1.165, 1.54) is 6.08 Å². The number of benzene rings is 2. The van der Waals surface area contributed by atoms with Crippen LogP contribution in [0, 0.1) is 25.2 Å². The molecule has 2 aromatic carbocycles. The number of carboxylic acid groups (broad SMARTS) is 1. The number of nitriles is 1. The van der Waals surface area contributed by atoms with Gasteiger partial charge in [0.05, 0.1) is 5.97 Å². The average Bonchev–Trinajstić information content (AvgIpc) is 2.61. The smallest absolute Gasteiger partial charge is 0.266 e. The molecule has 0 bridgehead atoms. The average molecular weight is 349 g/mol. The Hall–Kier alpha value is -3.59. The van der Waals surface area contributed by atoms with E-state index >= 15 is 0 Å². The summed E-state index contributed by atoms with van der Waals surface area (Å²) >= 11 is 0. The number of carbonyl (C=O) groups is 2. The van der Waals surface area contributed by atoms with Crippen LogP contribution >= 0.6 is 0 Å². The van der Waals surface area contributed by atoms with Crippen molar-refractivity contribution in [2.45, 2.75) is 13.8 Å². The van der Waals surface area contributed by atoms with Crippen molar-refractivity contribution in [3.63, 3.8) is 0 Å². The molecule has 0 saturated carbocycles. The Balaban J connectivity index is 2.29. The lowest BCUT2D eigenvalue weighted by Gasteiger charge is -2.12. The summed E-state index contributed by atoms with van der Waals surface area (Å²) in [5.41, 5.74) is 2.71. The van der Waals surface area contributed by atoms with Crippen molar-refractivity contribution in [2.75, 3.05) is 11.9 Å². The molecule has 0 saturated heterocycles. The van der Waals surface area contributed by atoms with Gasteiger partial charge in [-0.1, -0.05) is 36.4 Å². The van der Waals surface area contributed by atoms with Crippen LogP contribution in [-0.4, -0.2) is 18.5 Å². The Morgan fingerprint density at radius 1 is 1.15 bits per heavy atom. The van der Waals surface area contributed by atoms with Crippen molar-refractivity contribution in [1.29, 1.82) is 5.26 Å². The van der Waals surface area contributed by atoms with Crippen LogP contribution in [0.25, 0.3) is 6.08 Å². The zero-order chi connectivity index (χ0) is 19.1. The first-order valence-electron chi connectivity index (χ1n) is 7.83. The Morgan fingerprint density at radius 3 is 2.42 bits per heavy atom. The lowest BCUT2D eigenvalue weighted by Crippen LogP contribution is -2.29. The number of ether oxygens (including phenoxy) is 1. The lowest BCUT2D eigenvalue weighted by molar-refractivity contribution is -0.307. The number of carboxylic acids is 1. The molecule has 26 heavy (non-hydrogen) atoms. The molecule has 6 nitrogen and oxygen atoms in total.